The van der Waals surface area contributed by atoms with E-state index in [0.29, 0.717) is 11.0 Å². The van der Waals surface area contributed by atoms with Crippen molar-refractivity contribution in [3.63, 3.8) is 0 Å². The number of aliphatic hydroxyl groups is 1. The summed E-state index contributed by atoms with van der Waals surface area (Å²) in [4.78, 5) is 0. The van der Waals surface area contributed by atoms with E-state index >= 15 is 0 Å². The lowest BCUT2D eigenvalue weighted by Gasteiger charge is -2.25. The van der Waals surface area contributed by atoms with Crippen molar-refractivity contribution < 1.29 is 9.50 Å². The molecule has 96 valence electrons. The first-order valence-corrected chi connectivity index (χ1v) is 6.58. The number of aliphatic hydroxyl groups excluding tert-OH is 1. The van der Waals surface area contributed by atoms with Crippen molar-refractivity contribution in [3.8, 4) is 0 Å². The molecule has 0 spiro atoms. The molecule has 0 aromatic heterocycles. The summed E-state index contributed by atoms with van der Waals surface area (Å²) in [7, 11) is 0. The van der Waals surface area contributed by atoms with Crippen molar-refractivity contribution in [2.75, 3.05) is 6.54 Å². The van der Waals surface area contributed by atoms with Gasteiger partial charge >= 0.3 is 0 Å². The Balaban J connectivity index is 3.12. The van der Waals surface area contributed by atoms with E-state index in [9.17, 15) is 9.50 Å². The molecule has 0 heterocycles. The molecule has 0 radical (unpaired) electrons. The Morgan fingerprint density at radius 1 is 1.47 bits per heavy atom. The molecule has 17 heavy (non-hydrogen) atoms. The molecule has 0 amide bonds. The second kappa shape index (κ2) is 6.14. The molecule has 3 N–H and O–H groups in total. The molecule has 0 saturated heterocycles. The molecule has 2 nitrogen and oxygen atoms in total. The minimum Gasteiger partial charge on any atom is -0.388 e. The van der Waals surface area contributed by atoms with Gasteiger partial charge in [-0.05, 0) is 34.5 Å². The van der Waals surface area contributed by atoms with Crippen molar-refractivity contribution in [1.82, 2.24) is 0 Å². The number of hydrogen-bond acceptors (Lipinski definition) is 2. The van der Waals surface area contributed by atoms with E-state index in [1.807, 2.05) is 13.8 Å². The fraction of sp³-hybridized carbons (Fsp3) is 0.500. The lowest BCUT2D eigenvalue weighted by atomic mass is 9.86. The zero-order valence-corrected chi connectivity index (χ0v) is 12.1. The van der Waals surface area contributed by atoms with Gasteiger partial charge in [0.1, 0.15) is 5.82 Å². The highest BCUT2D eigenvalue weighted by Gasteiger charge is 2.26. The van der Waals surface area contributed by atoms with E-state index in [2.05, 4.69) is 15.9 Å². The van der Waals surface area contributed by atoms with Crippen LogP contribution in [0.1, 0.15) is 25.5 Å². The van der Waals surface area contributed by atoms with Gasteiger partial charge in [-0.3, -0.25) is 0 Å². The summed E-state index contributed by atoms with van der Waals surface area (Å²) < 4.78 is 14.4. The van der Waals surface area contributed by atoms with Crippen molar-refractivity contribution >= 4 is 27.5 Å². The van der Waals surface area contributed by atoms with Gasteiger partial charge in [0.25, 0.3) is 0 Å². The lowest BCUT2D eigenvalue weighted by molar-refractivity contribution is 0.0828. The minimum atomic E-state index is -0.939. The fourth-order valence-electron chi connectivity index (χ4n) is 1.77. The highest BCUT2D eigenvalue weighted by molar-refractivity contribution is 9.10. The Bertz CT molecular complexity index is 400. The molecular formula is C12H16BrClFNO. The summed E-state index contributed by atoms with van der Waals surface area (Å²) >= 11 is 8.92. The SMILES string of the molecule is CC(C)C(CN)C(O)c1ccc(Br)c(Cl)c1F. The van der Waals surface area contributed by atoms with Gasteiger partial charge in [-0.1, -0.05) is 31.5 Å². The first-order chi connectivity index (χ1) is 7.90. The lowest BCUT2D eigenvalue weighted by Crippen LogP contribution is -2.27. The van der Waals surface area contributed by atoms with Crippen LogP contribution in [0, 0.1) is 17.7 Å². The molecule has 5 heteroatoms. The molecule has 1 rings (SSSR count). The van der Waals surface area contributed by atoms with Crippen LogP contribution in [0.4, 0.5) is 4.39 Å². The quantitative estimate of drug-likeness (QED) is 0.833. The molecule has 0 aliphatic rings. The van der Waals surface area contributed by atoms with Crippen LogP contribution in [0.5, 0.6) is 0 Å². The van der Waals surface area contributed by atoms with Crippen LogP contribution in [0.3, 0.4) is 0 Å². The summed E-state index contributed by atoms with van der Waals surface area (Å²) in [6.07, 6.45) is -0.939. The van der Waals surface area contributed by atoms with Crippen molar-refractivity contribution in [3.05, 3.63) is 33.0 Å². The second-order valence-electron chi connectivity index (χ2n) is 4.35. The van der Waals surface area contributed by atoms with Crippen LogP contribution in [-0.4, -0.2) is 11.7 Å². The van der Waals surface area contributed by atoms with E-state index in [1.165, 1.54) is 6.07 Å². The normalized spacial score (nSPS) is 15.1. The standard InChI is InChI=1S/C12H16BrClFNO/c1-6(2)8(5-16)12(17)7-3-4-9(13)10(14)11(7)15/h3-4,6,8,12,17H,5,16H2,1-2H3. The summed E-state index contributed by atoms with van der Waals surface area (Å²) in [5.74, 6) is -0.619. The Morgan fingerprint density at radius 3 is 2.53 bits per heavy atom. The zero-order chi connectivity index (χ0) is 13.2. The van der Waals surface area contributed by atoms with Gasteiger partial charge in [-0.15, -0.1) is 0 Å². The molecule has 2 atom stereocenters. The molecule has 1 aromatic carbocycles. The van der Waals surface area contributed by atoms with E-state index in [4.69, 9.17) is 17.3 Å². The predicted octanol–water partition coefficient (Wildman–Crippen LogP) is 3.51. The first-order valence-electron chi connectivity index (χ1n) is 5.41. The average molecular weight is 325 g/mol. The molecule has 1 aromatic rings. The second-order valence-corrected chi connectivity index (χ2v) is 5.59. The average Bonchev–Trinajstić information content (AvgIpc) is 2.26. The maximum absolute atomic E-state index is 13.9. The predicted molar refractivity (Wildman–Crippen MR) is 71.5 cm³/mol. The Labute approximate surface area is 114 Å². The maximum Gasteiger partial charge on any atom is 0.148 e. The van der Waals surface area contributed by atoms with Gasteiger partial charge in [0.15, 0.2) is 0 Å². The smallest absolute Gasteiger partial charge is 0.148 e. The third-order valence-electron chi connectivity index (χ3n) is 2.92. The Morgan fingerprint density at radius 2 is 2.06 bits per heavy atom. The highest BCUT2D eigenvalue weighted by atomic mass is 79.9. The molecule has 2 unspecified atom stereocenters. The van der Waals surface area contributed by atoms with Gasteiger partial charge in [-0.2, -0.15) is 0 Å². The van der Waals surface area contributed by atoms with Crippen LogP contribution in [0.25, 0.3) is 0 Å². The van der Waals surface area contributed by atoms with E-state index in [1.54, 1.807) is 6.07 Å². The van der Waals surface area contributed by atoms with Crippen LogP contribution >= 0.6 is 27.5 Å². The van der Waals surface area contributed by atoms with Gasteiger partial charge in [-0.25, -0.2) is 4.39 Å². The van der Waals surface area contributed by atoms with Crippen LogP contribution < -0.4 is 5.73 Å². The topological polar surface area (TPSA) is 46.2 Å². The summed E-state index contributed by atoms with van der Waals surface area (Å²) in [6, 6.07) is 3.15. The number of rotatable bonds is 4. The van der Waals surface area contributed by atoms with Gasteiger partial charge in [0.2, 0.25) is 0 Å². The van der Waals surface area contributed by atoms with Crippen LogP contribution in [0.2, 0.25) is 5.02 Å². The number of halogens is 3. The summed E-state index contributed by atoms with van der Waals surface area (Å²) in [6.45, 7) is 4.18. The van der Waals surface area contributed by atoms with Crippen LogP contribution in [0.15, 0.2) is 16.6 Å². The summed E-state index contributed by atoms with van der Waals surface area (Å²) in [5, 5.41) is 10.1. The molecule has 0 saturated carbocycles. The number of nitrogens with two attached hydrogens (primary N) is 1. The zero-order valence-electron chi connectivity index (χ0n) is 9.75. The fourth-order valence-corrected chi connectivity index (χ4v) is 2.24. The highest BCUT2D eigenvalue weighted by Crippen LogP contribution is 2.34. The van der Waals surface area contributed by atoms with E-state index in [-0.39, 0.29) is 22.4 Å². The van der Waals surface area contributed by atoms with E-state index in [0.717, 1.165) is 0 Å². The van der Waals surface area contributed by atoms with Gasteiger partial charge in [0.05, 0.1) is 11.1 Å². The molecule has 0 aliphatic heterocycles. The third kappa shape index (κ3) is 3.19. The maximum atomic E-state index is 13.9. The Hall–Kier alpha value is -0.160. The van der Waals surface area contributed by atoms with Crippen molar-refractivity contribution in [2.45, 2.75) is 20.0 Å². The van der Waals surface area contributed by atoms with Crippen LogP contribution in [-0.2, 0) is 0 Å². The Kier molecular flexibility index (Phi) is 5.38. The first kappa shape index (κ1) is 14.9. The number of benzene rings is 1. The molecule has 0 fully saturated rings. The molecule has 0 aliphatic carbocycles. The van der Waals surface area contributed by atoms with Crippen molar-refractivity contribution in [2.24, 2.45) is 17.6 Å². The summed E-state index contributed by atoms with van der Waals surface area (Å²) in [5.41, 5.74) is 5.80. The minimum absolute atomic E-state index is 0.0129. The molecule has 0 bridgehead atoms. The number of hydrogen-bond donors (Lipinski definition) is 2. The monoisotopic (exact) mass is 323 g/mol. The van der Waals surface area contributed by atoms with E-state index < -0.39 is 11.9 Å². The van der Waals surface area contributed by atoms with Crippen molar-refractivity contribution in [1.29, 1.82) is 0 Å². The van der Waals surface area contributed by atoms with Gasteiger partial charge < -0.3 is 10.8 Å². The largest absolute Gasteiger partial charge is 0.388 e. The molecular weight excluding hydrogens is 308 g/mol. The third-order valence-corrected chi connectivity index (χ3v) is 4.18. The van der Waals surface area contributed by atoms with Gasteiger partial charge in [0, 0.05) is 16.0 Å².